The van der Waals surface area contributed by atoms with Gasteiger partial charge in [-0.1, -0.05) is 23.2 Å². The van der Waals surface area contributed by atoms with Crippen LogP contribution in [0.25, 0.3) is 0 Å². The van der Waals surface area contributed by atoms with Crippen LogP contribution in [0.2, 0.25) is 10.0 Å². The predicted molar refractivity (Wildman–Crippen MR) is 67.1 cm³/mol. The summed E-state index contributed by atoms with van der Waals surface area (Å²) in [7, 11) is 0. The number of hydrogen-bond acceptors (Lipinski definition) is 3. The fraction of sp³-hybridized carbons (Fsp3) is 0.364. The van der Waals surface area contributed by atoms with E-state index in [4.69, 9.17) is 23.2 Å². The van der Waals surface area contributed by atoms with Crippen LogP contribution in [0.15, 0.2) is 18.2 Å². The van der Waals surface area contributed by atoms with Crippen LogP contribution in [-0.4, -0.2) is 24.2 Å². The van der Waals surface area contributed by atoms with Crippen molar-refractivity contribution in [2.75, 3.05) is 18.2 Å². The molecule has 17 heavy (non-hydrogen) atoms. The highest BCUT2D eigenvalue weighted by Crippen LogP contribution is 2.33. The van der Waals surface area contributed by atoms with Crippen molar-refractivity contribution in [3.05, 3.63) is 28.2 Å². The molecule has 0 bridgehead atoms. The highest BCUT2D eigenvalue weighted by Gasteiger charge is 2.42. The molecule has 1 unspecified atom stereocenters. The minimum atomic E-state index is -0.814. The van der Waals surface area contributed by atoms with Crippen LogP contribution < -0.4 is 10.4 Å². The number of anilines is 1. The lowest BCUT2D eigenvalue weighted by Crippen LogP contribution is -2.34. The lowest BCUT2D eigenvalue weighted by atomic mass is 9.92. The molecule has 2 N–H and O–H groups in total. The van der Waals surface area contributed by atoms with Crippen molar-refractivity contribution in [1.82, 2.24) is 5.43 Å². The molecule has 2 rings (SSSR count). The van der Waals surface area contributed by atoms with Crippen molar-refractivity contribution < 1.29 is 9.90 Å². The number of amides is 1. The normalized spacial score (nSPS) is 24.0. The molecule has 6 heteroatoms. The number of nitrogens with one attached hydrogen (secondary N) is 1. The molecule has 1 atom stereocenters. The first-order valence-electron chi connectivity index (χ1n) is 5.11. The largest absolute Gasteiger partial charge is 0.395 e. The summed E-state index contributed by atoms with van der Waals surface area (Å²) in [6, 6.07) is 5.02. The van der Waals surface area contributed by atoms with E-state index >= 15 is 0 Å². The van der Waals surface area contributed by atoms with E-state index in [-0.39, 0.29) is 12.5 Å². The van der Waals surface area contributed by atoms with Gasteiger partial charge >= 0.3 is 0 Å². The topological polar surface area (TPSA) is 52.6 Å². The number of nitrogens with zero attached hydrogens (tertiary/aromatic N) is 1. The van der Waals surface area contributed by atoms with Gasteiger partial charge in [-0.25, -0.2) is 0 Å². The molecule has 0 spiro atoms. The van der Waals surface area contributed by atoms with Crippen molar-refractivity contribution in [2.24, 2.45) is 5.41 Å². The SMILES string of the molecule is CC1(CO)CN(c2cc(Cl)ccc2Cl)NC1=O. The molecule has 0 radical (unpaired) electrons. The molecule has 0 aliphatic carbocycles. The second kappa shape index (κ2) is 4.37. The molecule has 1 fully saturated rings. The van der Waals surface area contributed by atoms with Gasteiger partial charge in [0, 0.05) is 5.02 Å². The molecule has 92 valence electrons. The number of rotatable bonds is 2. The molecule has 0 saturated carbocycles. The summed E-state index contributed by atoms with van der Waals surface area (Å²) in [5.74, 6) is -0.226. The maximum Gasteiger partial charge on any atom is 0.248 e. The average Bonchev–Trinajstić information content (AvgIpc) is 2.59. The molecule has 1 aliphatic rings. The highest BCUT2D eigenvalue weighted by atomic mass is 35.5. The zero-order valence-corrected chi connectivity index (χ0v) is 10.7. The van der Waals surface area contributed by atoms with E-state index in [1.165, 1.54) is 0 Å². The van der Waals surface area contributed by atoms with Gasteiger partial charge in [0.1, 0.15) is 0 Å². The Balaban J connectivity index is 2.32. The lowest BCUT2D eigenvalue weighted by molar-refractivity contribution is -0.128. The van der Waals surface area contributed by atoms with Crippen LogP contribution in [0, 0.1) is 5.41 Å². The molecular formula is C11H12Cl2N2O2. The van der Waals surface area contributed by atoms with Crippen LogP contribution in [0.3, 0.4) is 0 Å². The van der Waals surface area contributed by atoms with Gasteiger partial charge in [-0.3, -0.25) is 15.2 Å². The van der Waals surface area contributed by atoms with Crippen molar-refractivity contribution in [3.8, 4) is 0 Å². The Morgan fingerprint density at radius 3 is 2.82 bits per heavy atom. The molecule has 4 nitrogen and oxygen atoms in total. The number of aliphatic hydroxyl groups is 1. The van der Waals surface area contributed by atoms with E-state index in [2.05, 4.69) is 5.43 Å². The molecule has 1 aliphatic heterocycles. The van der Waals surface area contributed by atoms with E-state index in [9.17, 15) is 9.90 Å². The van der Waals surface area contributed by atoms with Crippen LogP contribution in [0.4, 0.5) is 5.69 Å². The summed E-state index contributed by atoms with van der Waals surface area (Å²) in [4.78, 5) is 11.7. The van der Waals surface area contributed by atoms with Gasteiger partial charge in [-0.2, -0.15) is 0 Å². The Hall–Kier alpha value is -0.970. The molecular weight excluding hydrogens is 263 g/mol. The van der Waals surface area contributed by atoms with Gasteiger partial charge in [0.2, 0.25) is 5.91 Å². The third-order valence-corrected chi connectivity index (χ3v) is 3.39. The average molecular weight is 275 g/mol. The molecule has 1 amide bonds. The zero-order valence-electron chi connectivity index (χ0n) is 9.20. The number of hydrazine groups is 1. The monoisotopic (exact) mass is 274 g/mol. The Morgan fingerprint density at radius 2 is 2.24 bits per heavy atom. The Labute approximate surface area is 109 Å². The smallest absolute Gasteiger partial charge is 0.248 e. The quantitative estimate of drug-likeness (QED) is 0.866. The fourth-order valence-corrected chi connectivity index (χ4v) is 2.06. The summed E-state index contributed by atoms with van der Waals surface area (Å²) in [6.45, 7) is 1.83. The van der Waals surface area contributed by atoms with Gasteiger partial charge in [0.25, 0.3) is 0 Å². The zero-order chi connectivity index (χ0) is 12.6. The summed E-state index contributed by atoms with van der Waals surface area (Å²) in [5.41, 5.74) is 2.49. The third-order valence-electron chi connectivity index (χ3n) is 2.84. The van der Waals surface area contributed by atoms with Gasteiger partial charge in [-0.05, 0) is 25.1 Å². The molecule has 0 aromatic heterocycles. The lowest BCUT2D eigenvalue weighted by Gasteiger charge is -2.21. The van der Waals surface area contributed by atoms with E-state index in [0.717, 1.165) is 0 Å². The Kier molecular flexibility index (Phi) is 3.21. The maximum atomic E-state index is 11.7. The van der Waals surface area contributed by atoms with Crippen LogP contribution in [0.5, 0.6) is 0 Å². The number of carbonyl (C=O) groups excluding carboxylic acids is 1. The van der Waals surface area contributed by atoms with E-state index in [1.54, 1.807) is 30.1 Å². The van der Waals surface area contributed by atoms with Crippen molar-refractivity contribution >= 4 is 34.8 Å². The first-order chi connectivity index (χ1) is 7.96. The summed E-state index contributed by atoms with van der Waals surface area (Å²) in [5, 5.41) is 11.9. The number of carbonyl (C=O) groups is 1. The third kappa shape index (κ3) is 2.20. The molecule has 1 aromatic rings. The number of aliphatic hydroxyl groups excluding tert-OH is 1. The number of hydrogen-bond donors (Lipinski definition) is 2. The minimum absolute atomic E-state index is 0.215. The number of benzene rings is 1. The van der Waals surface area contributed by atoms with Gasteiger partial charge in [0.05, 0.1) is 29.3 Å². The summed E-state index contributed by atoms with van der Waals surface area (Å²) < 4.78 is 0. The number of halogens is 2. The fourth-order valence-electron chi connectivity index (χ4n) is 1.68. The van der Waals surface area contributed by atoms with Crippen molar-refractivity contribution in [3.63, 3.8) is 0 Å². The van der Waals surface area contributed by atoms with Crippen LogP contribution in [-0.2, 0) is 4.79 Å². The second-order valence-corrected chi connectivity index (χ2v) is 5.19. The van der Waals surface area contributed by atoms with Crippen LogP contribution >= 0.6 is 23.2 Å². The predicted octanol–water partition coefficient (Wildman–Crippen LogP) is 1.84. The van der Waals surface area contributed by atoms with Crippen LogP contribution in [0.1, 0.15) is 6.92 Å². The Morgan fingerprint density at radius 1 is 1.53 bits per heavy atom. The van der Waals surface area contributed by atoms with Gasteiger partial charge in [0.15, 0.2) is 0 Å². The maximum absolute atomic E-state index is 11.7. The van der Waals surface area contributed by atoms with Gasteiger partial charge in [-0.15, -0.1) is 0 Å². The molecule has 1 aromatic carbocycles. The van der Waals surface area contributed by atoms with E-state index in [0.29, 0.717) is 22.3 Å². The standard InChI is InChI=1S/C11H12Cl2N2O2/c1-11(6-16)5-15(14-10(11)17)9-4-7(12)2-3-8(9)13/h2-4,16H,5-6H2,1H3,(H,14,17). The first kappa shape index (κ1) is 12.5. The molecule has 1 heterocycles. The minimum Gasteiger partial charge on any atom is -0.395 e. The summed E-state index contributed by atoms with van der Waals surface area (Å²) >= 11 is 11.9. The van der Waals surface area contributed by atoms with Gasteiger partial charge < -0.3 is 5.11 Å². The van der Waals surface area contributed by atoms with E-state index in [1.807, 2.05) is 0 Å². The molecule has 1 saturated heterocycles. The van der Waals surface area contributed by atoms with E-state index < -0.39 is 5.41 Å². The second-order valence-electron chi connectivity index (χ2n) is 4.34. The van der Waals surface area contributed by atoms with Crippen molar-refractivity contribution in [2.45, 2.75) is 6.92 Å². The highest BCUT2D eigenvalue weighted by molar-refractivity contribution is 6.35. The summed E-state index contributed by atoms with van der Waals surface area (Å²) in [6.07, 6.45) is 0. The first-order valence-corrected chi connectivity index (χ1v) is 5.86. The van der Waals surface area contributed by atoms with Crippen molar-refractivity contribution in [1.29, 1.82) is 0 Å². The Bertz CT molecular complexity index is 467.